The number of ether oxygens (including phenoxy) is 1. The van der Waals surface area contributed by atoms with Crippen LogP contribution in [0.3, 0.4) is 0 Å². The first-order chi connectivity index (χ1) is 9.47. The van der Waals surface area contributed by atoms with Crippen molar-refractivity contribution in [1.82, 2.24) is 4.98 Å². The summed E-state index contributed by atoms with van der Waals surface area (Å²) in [6.07, 6.45) is 0. The van der Waals surface area contributed by atoms with Crippen molar-refractivity contribution >= 4 is 15.9 Å². The molecule has 6 heteroatoms. The predicted molar refractivity (Wildman–Crippen MR) is 77.9 cm³/mol. The molecule has 1 heterocycles. The molecule has 1 aromatic carbocycles. The average molecular weight is 335 g/mol. The van der Waals surface area contributed by atoms with Crippen molar-refractivity contribution in [3.8, 4) is 28.7 Å². The first-order valence-electron chi connectivity index (χ1n) is 5.68. The highest BCUT2D eigenvalue weighted by Gasteiger charge is 2.15. The normalized spacial score (nSPS) is 10.1. The molecule has 0 amide bonds. The molecule has 0 radical (unpaired) electrons. The van der Waals surface area contributed by atoms with E-state index >= 15 is 0 Å². The lowest BCUT2D eigenvalue weighted by Crippen LogP contribution is -2.12. The van der Waals surface area contributed by atoms with Crippen molar-refractivity contribution in [1.29, 1.82) is 5.26 Å². The molecule has 1 aromatic heterocycles. The summed E-state index contributed by atoms with van der Waals surface area (Å²) < 4.78 is 5.63. The van der Waals surface area contributed by atoms with Crippen molar-refractivity contribution in [2.45, 2.75) is 6.92 Å². The molecule has 2 aromatic rings. The predicted octanol–water partition coefficient (Wildman–Crippen LogP) is 2.70. The molecule has 0 saturated heterocycles. The molecule has 2 N–H and O–H groups in total. The van der Waals surface area contributed by atoms with Crippen molar-refractivity contribution < 1.29 is 9.84 Å². The van der Waals surface area contributed by atoms with Gasteiger partial charge in [-0.25, -0.2) is 0 Å². The highest BCUT2D eigenvalue weighted by Crippen LogP contribution is 2.38. The molecule has 5 nitrogen and oxygen atoms in total. The van der Waals surface area contributed by atoms with E-state index in [-0.39, 0.29) is 11.3 Å². The minimum absolute atomic E-state index is 0.000803. The maximum absolute atomic E-state index is 11.8. The third kappa shape index (κ3) is 2.40. The summed E-state index contributed by atoms with van der Waals surface area (Å²) in [4.78, 5) is 14.4. The molecule has 0 bridgehead atoms. The van der Waals surface area contributed by atoms with Gasteiger partial charge in [0.15, 0.2) is 11.5 Å². The van der Waals surface area contributed by atoms with Crippen LogP contribution in [0.25, 0.3) is 11.1 Å². The molecule has 0 aliphatic carbocycles. The van der Waals surface area contributed by atoms with Crippen LogP contribution in [0.2, 0.25) is 0 Å². The molecule has 0 atom stereocenters. The van der Waals surface area contributed by atoms with Crippen LogP contribution in [0.15, 0.2) is 27.5 Å². The van der Waals surface area contributed by atoms with E-state index in [4.69, 9.17) is 10.00 Å². The zero-order valence-electron chi connectivity index (χ0n) is 10.8. The summed E-state index contributed by atoms with van der Waals surface area (Å²) >= 11 is 3.36. The lowest BCUT2D eigenvalue weighted by molar-refractivity contribution is 0.373. The van der Waals surface area contributed by atoms with Gasteiger partial charge in [0.2, 0.25) is 0 Å². The summed E-state index contributed by atoms with van der Waals surface area (Å²) in [5.74, 6) is 0.244. The fourth-order valence-corrected chi connectivity index (χ4v) is 2.46. The molecule has 2 rings (SSSR count). The lowest BCUT2D eigenvalue weighted by Gasteiger charge is -2.11. The number of halogens is 1. The Morgan fingerprint density at radius 3 is 2.65 bits per heavy atom. The van der Waals surface area contributed by atoms with E-state index in [1.807, 2.05) is 6.07 Å². The van der Waals surface area contributed by atoms with Crippen LogP contribution in [0.1, 0.15) is 11.3 Å². The Hall–Kier alpha value is -2.26. The molecule has 0 aliphatic rings. The van der Waals surface area contributed by atoms with E-state index in [0.717, 1.165) is 0 Å². The standard InChI is InChI=1S/C14H11BrN2O3/c1-7-3-8(10(6-16)14(19)17-7)9-4-12(18)13(20-2)5-11(9)15/h3-5,18H,1-2H3,(H,17,19). The highest BCUT2D eigenvalue weighted by molar-refractivity contribution is 9.10. The van der Waals surface area contributed by atoms with Gasteiger partial charge in [-0.2, -0.15) is 5.26 Å². The van der Waals surface area contributed by atoms with E-state index in [0.29, 0.717) is 27.0 Å². The topological polar surface area (TPSA) is 86.1 Å². The van der Waals surface area contributed by atoms with Gasteiger partial charge in [0.05, 0.1) is 7.11 Å². The number of nitrogens with one attached hydrogen (secondary N) is 1. The molecule has 0 unspecified atom stereocenters. The number of hydrogen-bond donors (Lipinski definition) is 2. The third-order valence-corrected chi connectivity index (χ3v) is 3.49. The summed E-state index contributed by atoms with van der Waals surface area (Å²) in [6.45, 7) is 1.73. The number of H-pyrrole nitrogens is 1. The molecule has 0 fully saturated rings. The Labute approximate surface area is 123 Å². The summed E-state index contributed by atoms with van der Waals surface area (Å²) in [6, 6.07) is 6.62. The number of phenolic OH excluding ortho intramolecular Hbond substituents is 1. The Morgan fingerprint density at radius 1 is 1.35 bits per heavy atom. The molecule has 0 aliphatic heterocycles. The molecule has 0 saturated carbocycles. The highest BCUT2D eigenvalue weighted by atomic mass is 79.9. The fraction of sp³-hybridized carbons (Fsp3) is 0.143. The maximum Gasteiger partial charge on any atom is 0.266 e. The Bertz CT molecular complexity index is 775. The largest absolute Gasteiger partial charge is 0.504 e. The van der Waals surface area contributed by atoms with E-state index < -0.39 is 5.56 Å². The second-order valence-corrected chi connectivity index (χ2v) is 5.04. The minimum Gasteiger partial charge on any atom is -0.504 e. The smallest absolute Gasteiger partial charge is 0.266 e. The van der Waals surface area contributed by atoms with Crippen LogP contribution in [0.4, 0.5) is 0 Å². The lowest BCUT2D eigenvalue weighted by atomic mass is 10.0. The Balaban J connectivity index is 2.79. The van der Waals surface area contributed by atoms with E-state index in [9.17, 15) is 9.90 Å². The molecular formula is C14H11BrN2O3. The first-order valence-corrected chi connectivity index (χ1v) is 6.48. The number of aromatic nitrogens is 1. The summed E-state index contributed by atoms with van der Waals surface area (Å²) in [5, 5.41) is 19.0. The van der Waals surface area contributed by atoms with Crippen LogP contribution in [0, 0.1) is 18.3 Å². The van der Waals surface area contributed by atoms with E-state index in [2.05, 4.69) is 20.9 Å². The molecular weight excluding hydrogens is 324 g/mol. The van der Waals surface area contributed by atoms with E-state index in [1.54, 1.807) is 19.1 Å². The van der Waals surface area contributed by atoms with Crippen LogP contribution in [-0.4, -0.2) is 17.2 Å². The monoisotopic (exact) mass is 334 g/mol. The number of aryl methyl sites for hydroxylation is 1. The molecule has 20 heavy (non-hydrogen) atoms. The van der Waals surface area contributed by atoms with Crippen molar-refractivity contribution in [2.75, 3.05) is 7.11 Å². The van der Waals surface area contributed by atoms with Crippen molar-refractivity contribution in [3.63, 3.8) is 0 Å². The summed E-state index contributed by atoms with van der Waals surface area (Å²) in [5.41, 5.74) is 1.18. The van der Waals surface area contributed by atoms with Crippen molar-refractivity contribution in [2.24, 2.45) is 0 Å². The van der Waals surface area contributed by atoms with Crippen LogP contribution < -0.4 is 10.3 Å². The van der Waals surface area contributed by atoms with Gasteiger partial charge in [-0.15, -0.1) is 0 Å². The van der Waals surface area contributed by atoms with Crippen LogP contribution in [-0.2, 0) is 0 Å². The van der Waals surface area contributed by atoms with Gasteiger partial charge in [-0.1, -0.05) is 15.9 Å². The first kappa shape index (κ1) is 14.2. The van der Waals surface area contributed by atoms with Gasteiger partial charge in [0, 0.05) is 21.3 Å². The quantitative estimate of drug-likeness (QED) is 0.883. The zero-order valence-corrected chi connectivity index (χ0v) is 12.4. The Morgan fingerprint density at radius 2 is 2.05 bits per heavy atom. The van der Waals surface area contributed by atoms with Crippen LogP contribution in [0.5, 0.6) is 11.5 Å². The number of nitriles is 1. The fourth-order valence-electron chi connectivity index (χ4n) is 1.93. The van der Waals surface area contributed by atoms with Crippen molar-refractivity contribution in [3.05, 3.63) is 44.3 Å². The average Bonchev–Trinajstić information content (AvgIpc) is 2.40. The van der Waals surface area contributed by atoms with Gasteiger partial charge in [0.1, 0.15) is 11.6 Å². The zero-order chi connectivity index (χ0) is 14.9. The Kier molecular flexibility index (Phi) is 3.81. The number of rotatable bonds is 2. The number of methoxy groups -OCH3 is 1. The number of aromatic amines is 1. The number of nitrogens with zero attached hydrogens (tertiary/aromatic N) is 1. The number of benzene rings is 1. The van der Waals surface area contributed by atoms with Gasteiger partial charge >= 0.3 is 0 Å². The van der Waals surface area contributed by atoms with Crippen LogP contribution >= 0.6 is 15.9 Å². The van der Waals surface area contributed by atoms with Gasteiger partial charge < -0.3 is 14.8 Å². The maximum atomic E-state index is 11.8. The summed E-state index contributed by atoms with van der Waals surface area (Å²) in [7, 11) is 1.44. The third-order valence-electron chi connectivity index (χ3n) is 2.84. The van der Waals surface area contributed by atoms with E-state index in [1.165, 1.54) is 13.2 Å². The van der Waals surface area contributed by atoms with Gasteiger partial charge in [0.25, 0.3) is 5.56 Å². The van der Waals surface area contributed by atoms with Gasteiger partial charge in [-0.3, -0.25) is 4.79 Å². The SMILES string of the molecule is COc1cc(Br)c(-c2cc(C)[nH]c(=O)c2C#N)cc1O. The minimum atomic E-state index is -0.454. The second kappa shape index (κ2) is 5.39. The van der Waals surface area contributed by atoms with Gasteiger partial charge in [-0.05, 0) is 25.1 Å². The second-order valence-electron chi connectivity index (χ2n) is 4.19. The number of aromatic hydroxyl groups is 1. The number of hydrogen-bond acceptors (Lipinski definition) is 4. The molecule has 102 valence electrons. The number of phenols is 1. The number of pyridine rings is 1. The molecule has 0 spiro atoms.